The topological polar surface area (TPSA) is 64.7 Å². The van der Waals surface area contributed by atoms with Crippen molar-refractivity contribution in [1.29, 1.82) is 10.5 Å². The molecule has 2 aromatic rings. The molecule has 0 N–H and O–H groups in total. The van der Waals surface area contributed by atoms with Crippen LogP contribution in [0.25, 0.3) is 10.8 Å². The molecule has 0 aromatic heterocycles. The van der Waals surface area contributed by atoms with Crippen LogP contribution in [0.1, 0.15) is 21.5 Å². The smallest absolute Gasteiger partial charge is 0.151 e. The fourth-order valence-corrected chi connectivity index (χ4v) is 1.71. The molecule has 0 spiro atoms. The highest BCUT2D eigenvalue weighted by Crippen LogP contribution is 2.24. The predicted octanol–water partition coefficient (Wildman–Crippen LogP) is 2.40. The van der Waals surface area contributed by atoms with Crippen LogP contribution in [0, 0.1) is 22.7 Å². The van der Waals surface area contributed by atoms with E-state index >= 15 is 0 Å². The minimum absolute atomic E-state index is 0.262. The summed E-state index contributed by atoms with van der Waals surface area (Å²) in [5.41, 5.74) is 0.999. The van der Waals surface area contributed by atoms with Gasteiger partial charge >= 0.3 is 0 Å². The zero-order valence-electron chi connectivity index (χ0n) is 8.27. The molecule has 2 rings (SSSR count). The van der Waals surface area contributed by atoms with Crippen LogP contribution in [0.4, 0.5) is 0 Å². The van der Waals surface area contributed by atoms with Crippen molar-refractivity contribution in [2.45, 2.75) is 0 Å². The van der Waals surface area contributed by atoms with Crippen LogP contribution in [-0.4, -0.2) is 6.29 Å². The average molecular weight is 206 g/mol. The molecular formula is C13H6N2O. The van der Waals surface area contributed by atoms with Crippen LogP contribution >= 0.6 is 0 Å². The number of hydrogen-bond acceptors (Lipinski definition) is 3. The quantitative estimate of drug-likeness (QED) is 0.673. The largest absolute Gasteiger partial charge is 0.298 e. The third-order valence-electron chi connectivity index (χ3n) is 2.43. The van der Waals surface area contributed by atoms with Crippen molar-refractivity contribution in [1.82, 2.24) is 0 Å². The third kappa shape index (κ3) is 1.32. The maximum Gasteiger partial charge on any atom is 0.151 e. The number of carbonyl (C=O) groups is 1. The lowest BCUT2D eigenvalue weighted by molar-refractivity contribution is 0.112. The first-order chi connectivity index (χ1) is 7.81. The number of benzene rings is 2. The summed E-state index contributed by atoms with van der Waals surface area (Å²) >= 11 is 0. The molecule has 3 heteroatoms. The molecule has 0 bridgehead atoms. The zero-order valence-corrected chi connectivity index (χ0v) is 8.27. The van der Waals surface area contributed by atoms with Crippen molar-refractivity contribution >= 4 is 17.1 Å². The number of nitrogens with zero attached hydrogens (tertiary/aromatic N) is 2. The van der Waals surface area contributed by atoms with Gasteiger partial charge in [0.05, 0.1) is 17.2 Å². The van der Waals surface area contributed by atoms with Gasteiger partial charge in [0.2, 0.25) is 0 Å². The normalized spacial score (nSPS) is 9.38. The molecule has 0 unspecified atom stereocenters. The van der Waals surface area contributed by atoms with E-state index in [-0.39, 0.29) is 5.56 Å². The third-order valence-corrected chi connectivity index (χ3v) is 2.43. The van der Waals surface area contributed by atoms with Gasteiger partial charge in [-0.05, 0) is 6.07 Å². The summed E-state index contributed by atoms with van der Waals surface area (Å²) in [6.07, 6.45) is 0.603. The number of rotatable bonds is 1. The van der Waals surface area contributed by atoms with E-state index in [0.29, 0.717) is 28.2 Å². The molecule has 0 radical (unpaired) electrons. The molecule has 0 heterocycles. The molecule has 16 heavy (non-hydrogen) atoms. The molecule has 0 amide bonds. The van der Waals surface area contributed by atoms with Crippen LogP contribution in [-0.2, 0) is 0 Å². The summed E-state index contributed by atoms with van der Waals surface area (Å²) in [5, 5.41) is 19.3. The summed E-state index contributed by atoms with van der Waals surface area (Å²) in [6, 6.07) is 12.6. The summed E-state index contributed by atoms with van der Waals surface area (Å²) in [4.78, 5) is 10.8. The second-order valence-corrected chi connectivity index (χ2v) is 3.28. The van der Waals surface area contributed by atoms with Gasteiger partial charge in [-0.2, -0.15) is 10.5 Å². The summed E-state index contributed by atoms with van der Waals surface area (Å²) < 4.78 is 0. The van der Waals surface area contributed by atoms with Crippen molar-refractivity contribution in [2.75, 3.05) is 0 Å². The summed E-state index contributed by atoms with van der Waals surface area (Å²) in [7, 11) is 0. The monoisotopic (exact) mass is 206 g/mol. The molecule has 2 aromatic carbocycles. The van der Waals surface area contributed by atoms with Crippen molar-refractivity contribution < 1.29 is 4.79 Å². The Hall–Kier alpha value is -2.65. The minimum atomic E-state index is 0.262. The lowest BCUT2D eigenvalue weighted by atomic mass is 9.96. The molecule has 0 saturated carbocycles. The molecule has 74 valence electrons. The Kier molecular flexibility index (Phi) is 2.37. The number of carbonyl (C=O) groups excluding carboxylic acids is 1. The number of nitriles is 2. The Balaban J connectivity index is 3.03. The molecule has 3 nitrogen and oxygen atoms in total. The van der Waals surface area contributed by atoms with Crippen LogP contribution in [0.15, 0.2) is 30.3 Å². The maximum atomic E-state index is 10.8. The molecule has 0 fully saturated rings. The van der Waals surface area contributed by atoms with Crippen molar-refractivity contribution in [3.63, 3.8) is 0 Å². The first-order valence-electron chi connectivity index (χ1n) is 4.63. The Bertz CT molecular complexity index is 660. The maximum absolute atomic E-state index is 10.8. The fraction of sp³-hybridized carbons (Fsp3) is 0. The standard InChI is InChI=1S/C13H6N2O/c14-6-9-5-10(8-16)13(7-15)12-4-2-1-3-11(9)12/h1-5,8H. The lowest BCUT2D eigenvalue weighted by Gasteiger charge is -2.04. The molecule has 0 saturated heterocycles. The van der Waals surface area contributed by atoms with Gasteiger partial charge in [-0.25, -0.2) is 0 Å². The van der Waals surface area contributed by atoms with Gasteiger partial charge in [0.25, 0.3) is 0 Å². The Morgan fingerprint density at radius 2 is 1.75 bits per heavy atom. The van der Waals surface area contributed by atoms with E-state index in [2.05, 4.69) is 0 Å². The Morgan fingerprint density at radius 3 is 2.31 bits per heavy atom. The Morgan fingerprint density at radius 1 is 1.06 bits per heavy atom. The number of fused-ring (bicyclic) bond motifs is 1. The van der Waals surface area contributed by atoms with E-state index in [1.165, 1.54) is 6.07 Å². The van der Waals surface area contributed by atoms with E-state index in [0.717, 1.165) is 0 Å². The van der Waals surface area contributed by atoms with Crippen molar-refractivity contribution in [2.24, 2.45) is 0 Å². The second-order valence-electron chi connectivity index (χ2n) is 3.28. The van der Waals surface area contributed by atoms with Gasteiger partial charge in [-0.3, -0.25) is 4.79 Å². The van der Waals surface area contributed by atoms with Crippen LogP contribution < -0.4 is 0 Å². The zero-order chi connectivity index (χ0) is 11.5. The van der Waals surface area contributed by atoms with Crippen LogP contribution in [0.3, 0.4) is 0 Å². The molecule has 0 aliphatic carbocycles. The van der Waals surface area contributed by atoms with Crippen LogP contribution in [0.5, 0.6) is 0 Å². The van der Waals surface area contributed by atoms with E-state index in [9.17, 15) is 4.79 Å². The van der Waals surface area contributed by atoms with Gasteiger partial charge < -0.3 is 0 Å². The highest BCUT2D eigenvalue weighted by atomic mass is 16.1. The molecular weight excluding hydrogens is 200 g/mol. The first kappa shape index (κ1) is 9.89. The predicted molar refractivity (Wildman–Crippen MR) is 58.8 cm³/mol. The van der Waals surface area contributed by atoms with E-state index in [4.69, 9.17) is 10.5 Å². The summed E-state index contributed by atoms with van der Waals surface area (Å²) in [6.45, 7) is 0. The molecule has 0 aliphatic rings. The van der Waals surface area contributed by atoms with Gasteiger partial charge in [0.1, 0.15) is 6.07 Å². The van der Waals surface area contributed by atoms with Crippen LogP contribution in [0.2, 0.25) is 0 Å². The van der Waals surface area contributed by atoms with Gasteiger partial charge in [0, 0.05) is 16.3 Å². The lowest BCUT2D eigenvalue weighted by Crippen LogP contribution is -1.92. The minimum Gasteiger partial charge on any atom is -0.298 e. The van der Waals surface area contributed by atoms with E-state index in [1.807, 2.05) is 12.1 Å². The fourth-order valence-electron chi connectivity index (χ4n) is 1.71. The van der Waals surface area contributed by atoms with Crippen molar-refractivity contribution in [3.8, 4) is 12.1 Å². The van der Waals surface area contributed by atoms with Gasteiger partial charge in [-0.1, -0.05) is 24.3 Å². The number of aldehydes is 1. The average Bonchev–Trinajstić information content (AvgIpc) is 2.36. The first-order valence-corrected chi connectivity index (χ1v) is 4.63. The van der Waals surface area contributed by atoms with E-state index < -0.39 is 0 Å². The van der Waals surface area contributed by atoms with Crippen molar-refractivity contribution in [3.05, 3.63) is 47.0 Å². The highest BCUT2D eigenvalue weighted by molar-refractivity contribution is 5.98. The molecule has 0 atom stereocenters. The van der Waals surface area contributed by atoms with Gasteiger partial charge in [0.15, 0.2) is 6.29 Å². The summed E-state index contributed by atoms with van der Waals surface area (Å²) in [5.74, 6) is 0. The Labute approximate surface area is 92.2 Å². The molecule has 0 aliphatic heterocycles. The second kappa shape index (κ2) is 3.84. The SMILES string of the molecule is N#Cc1cc(C=O)c(C#N)c2ccccc12. The van der Waals surface area contributed by atoms with Gasteiger partial charge in [-0.15, -0.1) is 0 Å². The number of hydrogen-bond donors (Lipinski definition) is 0. The van der Waals surface area contributed by atoms with E-state index in [1.54, 1.807) is 24.3 Å². The highest BCUT2D eigenvalue weighted by Gasteiger charge is 2.10.